The molecule has 4 nitrogen and oxygen atoms in total. The van der Waals surface area contributed by atoms with E-state index in [1.807, 2.05) is 22.6 Å². The topological polar surface area (TPSA) is 58.9 Å². The Kier molecular flexibility index (Phi) is 2.64. The maximum absolute atomic E-state index is 10.0. The van der Waals surface area contributed by atoms with Crippen LogP contribution in [0.3, 0.4) is 0 Å². The van der Waals surface area contributed by atoms with Gasteiger partial charge in [-0.25, -0.2) is 0 Å². The Morgan fingerprint density at radius 2 is 1.45 bits per heavy atom. The number of benzene rings is 1. The number of nitroso groups, excluding NO2 is 2. The second-order valence-electron chi connectivity index (χ2n) is 1.85. The molecule has 56 valence electrons. The van der Waals surface area contributed by atoms with Crippen LogP contribution in [0.1, 0.15) is 0 Å². The van der Waals surface area contributed by atoms with E-state index in [1.165, 1.54) is 6.07 Å². The molecule has 0 amide bonds. The fourth-order valence-corrected chi connectivity index (χ4v) is 1.30. The molecule has 0 atom stereocenters. The summed E-state index contributed by atoms with van der Waals surface area (Å²) < 4.78 is 0.773. The maximum atomic E-state index is 10.0. The molecular formula is C6H3IN2O2. The fourth-order valence-electron chi connectivity index (χ4n) is 0.664. The first-order valence-corrected chi connectivity index (χ1v) is 3.81. The van der Waals surface area contributed by atoms with E-state index in [9.17, 15) is 9.81 Å². The minimum atomic E-state index is 0.228. The Morgan fingerprint density at radius 3 is 1.82 bits per heavy atom. The molecule has 0 fully saturated rings. The van der Waals surface area contributed by atoms with Gasteiger partial charge in [0.2, 0.25) is 0 Å². The lowest BCUT2D eigenvalue weighted by molar-refractivity contribution is 1.43. The molecule has 0 aliphatic heterocycles. The second-order valence-corrected chi connectivity index (χ2v) is 3.10. The monoisotopic (exact) mass is 262 g/mol. The van der Waals surface area contributed by atoms with Crippen molar-refractivity contribution in [3.8, 4) is 0 Å². The lowest BCUT2D eigenvalue weighted by Crippen LogP contribution is -1.69. The van der Waals surface area contributed by atoms with Crippen LogP contribution >= 0.6 is 22.6 Å². The number of halogens is 1. The molecule has 0 heterocycles. The van der Waals surface area contributed by atoms with Crippen molar-refractivity contribution >= 4 is 34.0 Å². The van der Waals surface area contributed by atoms with Gasteiger partial charge in [-0.15, -0.1) is 9.81 Å². The van der Waals surface area contributed by atoms with E-state index in [4.69, 9.17) is 0 Å². The largest absolute Gasteiger partial charge is 0.145 e. The van der Waals surface area contributed by atoms with Gasteiger partial charge in [-0.1, -0.05) is 0 Å². The Labute approximate surface area is 76.1 Å². The van der Waals surface area contributed by atoms with Gasteiger partial charge in [-0.3, -0.25) is 0 Å². The zero-order valence-electron chi connectivity index (χ0n) is 5.32. The minimum Gasteiger partial charge on any atom is -0.145 e. The first-order valence-electron chi connectivity index (χ1n) is 2.73. The SMILES string of the molecule is O=Nc1cc(I)cc(N=O)c1. The Bertz CT molecular complexity index is 274. The van der Waals surface area contributed by atoms with E-state index in [1.54, 1.807) is 12.1 Å². The summed E-state index contributed by atoms with van der Waals surface area (Å²) in [7, 11) is 0. The molecule has 0 aromatic heterocycles. The number of rotatable bonds is 2. The van der Waals surface area contributed by atoms with Crippen molar-refractivity contribution in [3.05, 3.63) is 31.6 Å². The van der Waals surface area contributed by atoms with E-state index < -0.39 is 0 Å². The molecule has 0 N–H and O–H groups in total. The molecule has 0 saturated heterocycles. The third kappa shape index (κ3) is 2.04. The molecule has 0 unspecified atom stereocenters. The predicted octanol–water partition coefficient (Wildman–Crippen LogP) is 3.09. The van der Waals surface area contributed by atoms with Gasteiger partial charge in [0.15, 0.2) is 0 Å². The molecule has 0 spiro atoms. The number of hydrogen-bond acceptors (Lipinski definition) is 4. The summed E-state index contributed by atoms with van der Waals surface area (Å²) in [6, 6.07) is 4.48. The lowest BCUT2D eigenvalue weighted by atomic mass is 10.3. The molecule has 1 aromatic carbocycles. The molecule has 1 aromatic rings. The summed E-state index contributed by atoms with van der Waals surface area (Å²) in [6.07, 6.45) is 0. The Morgan fingerprint density at radius 1 is 1.00 bits per heavy atom. The summed E-state index contributed by atoms with van der Waals surface area (Å²) in [5, 5.41) is 5.37. The zero-order valence-corrected chi connectivity index (χ0v) is 7.48. The van der Waals surface area contributed by atoms with Crippen LogP contribution in [0.5, 0.6) is 0 Å². The van der Waals surface area contributed by atoms with Crippen LogP contribution in [0.25, 0.3) is 0 Å². The summed E-state index contributed by atoms with van der Waals surface area (Å²) in [4.78, 5) is 20.1. The van der Waals surface area contributed by atoms with Gasteiger partial charge in [0.25, 0.3) is 0 Å². The summed E-state index contributed by atoms with van der Waals surface area (Å²) in [5.41, 5.74) is 0.456. The van der Waals surface area contributed by atoms with Crippen LogP contribution in [0.15, 0.2) is 28.6 Å². The lowest BCUT2D eigenvalue weighted by Gasteiger charge is -1.91. The fraction of sp³-hybridized carbons (Fsp3) is 0. The van der Waals surface area contributed by atoms with Crippen LogP contribution in [0, 0.1) is 13.4 Å². The molecule has 0 aliphatic rings. The van der Waals surface area contributed by atoms with E-state index in [2.05, 4.69) is 10.4 Å². The molecule has 0 bridgehead atoms. The van der Waals surface area contributed by atoms with Crippen molar-refractivity contribution in [2.45, 2.75) is 0 Å². The van der Waals surface area contributed by atoms with Gasteiger partial charge < -0.3 is 0 Å². The Hall–Kier alpha value is -0.850. The summed E-state index contributed by atoms with van der Waals surface area (Å²) >= 11 is 1.98. The summed E-state index contributed by atoms with van der Waals surface area (Å²) in [6.45, 7) is 0. The molecule has 0 radical (unpaired) electrons. The standard InChI is InChI=1S/C6H3IN2O2/c7-4-1-5(8-10)3-6(2-4)9-11/h1-3H. The van der Waals surface area contributed by atoms with Gasteiger partial charge in [-0.05, 0) is 51.1 Å². The third-order valence-electron chi connectivity index (χ3n) is 1.08. The van der Waals surface area contributed by atoms with Crippen molar-refractivity contribution < 1.29 is 0 Å². The van der Waals surface area contributed by atoms with E-state index >= 15 is 0 Å². The van der Waals surface area contributed by atoms with E-state index in [-0.39, 0.29) is 11.4 Å². The normalized spacial score (nSPS) is 9.18. The zero-order chi connectivity index (χ0) is 8.27. The van der Waals surface area contributed by atoms with Crippen molar-refractivity contribution in [1.29, 1.82) is 0 Å². The predicted molar refractivity (Wildman–Crippen MR) is 50.1 cm³/mol. The van der Waals surface area contributed by atoms with Crippen LogP contribution in [-0.2, 0) is 0 Å². The molecule has 0 aliphatic carbocycles. The van der Waals surface area contributed by atoms with Gasteiger partial charge in [0.1, 0.15) is 11.4 Å². The van der Waals surface area contributed by atoms with Gasteiger partial charge >= 0.3 is 0 Å². The first kappa shape index (κ1) is 8.25. The van der Waals surface area contributed by atoms with Crippen molar-refractivity contribution in [1.82, 2.24) is 0 Å². The van der Waals surface area contributed by atoms with E-state index in [0.717, 1.165) is 3.57 Å². The second kappa shape index (κ2) is 3.51. The molecule has 0 saturated carbocycles. The highest BCUT2D eigenvalue weighted by atomic mass is 127. The molecular weight excluding hydrogens is 259 g/mol. The van der Waals surface area contributed by atoms with Gasteiger partial charge in [0, 0.05) is 3.57 Å². The highest BCUT2D eigenvalue weighted by Gasteiger charge is 1.98. The minimum absolute atomic E-state index is 0.228. The van der Waals surface area contributed by atoms with Crippen molar-refractivity contribution in [2.24, 2.45) is 10.4 Å². The quantitative estimate of drug-likeness (QED) is 0.607. The van der Waals surface area contributed by atoms with E-state index in [0.29, 0.717) is 0 Å². The van der Waals surface area contributed by atoms with Crippen LogP contribution in [0.4, 0.5) is 11.4 Å². The number of nitrogens with zero attached hydrogens (tertiary/aromatic N) is 2. The number of hydrogen-bond donors (Lipinski definition) is 0. The van der Waals surface area contributed by atoms with Crippen molar-refractivity contribution in [3.63, 3.8) is 0 Å². The molecule has 11 heavy (non-hydrogen) atoms. The average molecular weight is 262 g/mol. The molecule has 5 heteroatoms. The highest BCUT2D eigenvalue weighted by molar-refractivity contribution is 14.1. The van der Waals surface area contributed by atoms with Crippen LogP contribution in [-0.4, -0.2) is 0 Å². The van der Waals surface area contributed by atoms with Gasteiger partial charge in [0.05, 0.1) is 0 Å². The Balaban J connectivity index is 3.21. The van der Waals surface area contributed by atoms with Crippen molar-refractivity contribution in [2.75, 3.05) is 0 Å². The summed E-state index contributed by atoms with van der Waals surface area (Å²) in [5.74, 6) is 0. The smallest absolute Gasteiger partial charge is 0.111 e. The third-order valence-corrected chi connectivity index (χ3v) is 1.70. The van der Waals surface area contributed by atoms with Crippen LogP contribution in [0.2, 0.25) is 0 Å². The first-order chi connectivity index (χ1) is 5.26. The maximum Gasteiger partial charge on any atom is 0.111 e. The van der Waals surface area contributed by atoms with Crippen LogP contribution < -0.4 is 0 Å². The highest BCUT2D eigenvalue weighted by Crippen LogP contribution is 2.23. The average Bonchev–Trinajstić information content (AvgIpc) is 2.03. The van der Waals surface area contributed by atoms with Gasteiger partial charge in [-0.2, -0.15) is 0 Å². The molecule has 1 rings (SSSR count).